The highest BCUT2D eigenvalue weighted by Gasteiger charge is 2.49. The third-order valence-corrected chi connectivity index (χ3v) is 10.7. The third-order valence-electron chi connectivity index (χ3n) is 10.7. The van der Waals surface area contributed by atoms with Crippen molar-refractivity contribution < 1.29 is 23.9 Å². The van der Waals surface area contributed by atoms with Crippen molar-refractivity contribution in [2.24, 2.45) is 23.7 Å². The molecule has 0 radical (unpaired) electrons. The van der Waals surface area contributed by atoms with Crippen LogP contribution in [-0.4, -0.2) is 47.4 Å². The van der Waals surface area contributed by atoms with Crippen molar-refractivity contribution in [3.8, 4) is 0 Å². The number of aromatic amines is 2. The van der Waals surface area contributed by atoms with Crippen molar-refractivity contribution in [1.82, 2.24) is 20.6 Å². The molecule has 0 aromatic carbocycles. The van der Waals surface area contributed by atoms with E-state index in [2.05, 4.69) is 73.1 Å². The molecule has 5 atom stereocenters. The Labute approximate surface area is 281 Å². The molecule has 2 unspecified atom stereocenters. The average molecular weight is 651 g/mol. The lowest BCUT2D eigenvalue weighted by molar-refractivity contribution is -0.143. The lowest BCUT2D eigenvalue weighted by atomic mass is 9.83. The van der Waals surface area contributed by atoms with Crippen molar-refractivity contribution in [1.29, 1.82) is 0 Å². The molecule has 1 fully saturated rings. The molecule has 6 rings (SSSR count). The number of ether oxygens (including phenoxy) is 2. The Hall–Kier alpha value is -4.79. The number of esters is 2. The monoisotopic (exact) mass is 650 g/mol. The van der Waals surface area contributed by atoms with E-state index in [0.29, 0.717) is 23.3 Å². The number of methoxy groups -OCH3 is 1. The van der Waals surface area contributed by atoms with E-state index in [4.69, 9.17) is 9.47 Å². The Balaban J connectivity index is 1.61. The number of hydrogen-bond acceptors (Lipinski definition) is 7. The second-order valence-corrected chi connectivity index (χ2v) is 13.3. The minimum Gasteiger partial charge on any atom is -0.468 e. The highest BCUT2D eigenvalue weighted by molar-refractivity contribution is 6.24. The van der Waals surface area contributed by atoms with Crippen LogP contribution in [0.1, 0.15) is 85.4 Å². The summed E-state index contributed by atoms with van der Waals surface area (Å²) in [5.41, 5.74) is 9.56. The standard InChI is InChI=1S/C39H46N4O5/c1-9-12-15-48-32(44)14-13-25-21(6)28-16-26-19(4)23(10-2)30(40-26)17-27-20(5)24(11-3)31(41-27)18-29-22(7)33-37(43-29)34(36(25)42-28)35(38(33)45)39(46)47-8/h9-10,12,16-18,21,24-25,28,35,40-43H,2,11,13-15H2,1,3-8H3/b12-9+,26-16-,30-17-,31-18-,36-34-/t21-,24?,25-,28?,35+/m0/s1. The van der Waals surface area contributed by atoms with Crippen LogP contribution in [0.3, 0.4) is 0 Å². The van der Waals surface area contributed by atoms with Gasteiger partial charge in [-0.15, -0.1) is 0 Å². The van der Waals surface area contributed by atoms with E-state index in [1.807, 2.05) is 26.0 Å². The van der Waals surface area contributed by atoms with Crippen LogP contribution < -0.4 is 21.3 Å². The fourth-order valence-corrected chi connectivity index (χ4v) is 7.96. The second-order valence-electron chi connectivity index (χ2n) is 13.3. The predicted molar refractivity (Wildman–Crippen MR) is 188 cm³/mol. The maximum atomic E-state index is 14.2. The normalized spacial score (nSPS) is 28.3. The maximum Gasteiger partial charge on any atom is 0.321 e. The number of carbonyl (C=O) groups excluding carboxylic acids is 3. The molecule has 9 heteroatoms. The van der Waals surface area contributed by atoms with E-state index < -0.39 is 11.9 Å². The number of hydrogen-bond donors (Lipinski definition) is 4. The molecule has 1 aliphatic carbocycles. The third kappa shape index (κ3) is 5.39. The zero-order chi connectivity index (χ0) is 34.4. The van der Waals surface area contributed by atoms with Crippen molar-refractivity contribution in [2.75, 3.05) is 13.7 Å². The van der Waals surface area contributed by atoms with Gasteiger partial charge < -0.3 is 30.1 Å². The summed E-state index contributed by atoms with van der Waals surface area (Å²) in [7, 11) is 1.31. The Morgan fingerprint density at radius 3 is 2.54 bits per heavy atom. The molecule has 0 amide bonds. The molecule has 1 saturated heterocycles. The summed E-state index contributed by atoms with van der Waals surface area (Å²) in [4.78, 5) is 47.6. The van der Waals surface area contributed by atoms with Gasteiger partial charge in [-0.05, 0) is 81.4 Å². The zero-order valence-electron chi connectivity index (χ0n) is 28.9. The van der Waals surface area contributed by atoms with Crippen LogP contribution in [-0.2, 0) is 19.1 Å². The molecule has 252 valence electrons. The number of allylic oxidation sites excluding steroid dienone is 4. The fraction of sp³-hybridized carbons (Fsp3) is 0.410. The molecule has 2 aromatic rings. The van der Waals surface area contributed by atoms with Gasteiger partial charge in [0.15, 0.2) is 5.78 Å². The maximum absolute atomic E-state index is 14.2. The van der Waals surface area contributed by atoms with Crippen LogP contribution in [0.25, 0.3) is 29.9 Å². The smallest absolute Gasteiger partial charge is 0.321 e. The Morgan fingerprint density at radius 1 is 1.08 bits per heavy atom. The van der Waals surface area contributed by atoms with Gasteiger partial charge in [-0.2, -0.15) is 0 Å². The summed E-state index contributed by atoms with van der Waals surface area (Å²) >= 11 is 0. The van der Waals surface area contributed by atoms with E-state index in [9.17, 15) is 14.4 Å². The number of rotatable bonds is 8. The highest BCUT2D eigenvalue weighted by Crippen LogP contribution is 2.47. The molecule has 4 N–H and O–H groups in total. The molecule has 0 spiro atoms. The molecule has 8 bridgehead atoms. The van der Waals surface area contributed by atoms with Gasteiger partial charge in [0.05, 0.1) is 12.8 Å². The first kappa shape index (κ1) is 33.1. The van der Waals surface area contributed by atoms with E-state index >= 15 is 0 Å². The topological polar surface area (TPSA) is 125 Å². The second kappa shape index (κ2) is 13.0. The van der Waals surface area contributed by atoms with E-state index in [-0.39, 0.29) is 48.6 Å². The van der Waals surface area contributed by atoms with E-state index in [1.165, 1.54) is 12.7 Å². The van der Waals surface area contributed by atoms with Gasteiger partial charge in [-0.1, -0.05) is 38.7 Å². The molecule has 0 saturated carbocycles. The average Bonchev–Trinajstić information content (AvgIpc) is 3.80. The van der Waals surface area contributed by atoms with Crippen LogP contribution in [0.15, 0.2) is 41.4 Å². The van der Waals surface area contributed by atoms with Crippen LogP contribution in [0.5, 0.6) is 0 Å². The van der Waals surface area contributed by atoms with Crippen molar-refractivity contribution in [3.05, 3.63) is 85.7 Å². The van der Waals surface area contributed by atoms with Crippen molar-refractivity contribution in [3.63, 3.8) is 0 Å². The summed E-state index contributed by atoms with van der Waals surface area (Å²) in [6.07, 6.45) is 13.5. The number of ketones is 1. The van der Waals surface area contributed by atoms with Gasteiger partial charge in [0.25, 0.3) is 0 Å². The predicted octanol–water partition coefficient (Wildman–Crippen LogP) is 4.94. The first-order chi connectivity index (χ1) is 23.0. The van der Waals surface area contributed by atoms with E-state index in [1.54, 1.807) is 6.08 Å². The van der Waals surface area contributed by atoms with Gasteiger partial charge in [-0.3, -0.25) is 14.4 Å². The molecule has 2 aromatic heterocycles. The van der Waals surface area contributed by atoms with Gasteiger partial charge >= 0.3 is 11.9 Å². The van der Waals surface area contributed by atoms with Gasteiger partial charge in [0, 0.05) is 74.5 Å². The van der Waals surface area contributed by atoms with Crippen molar-refractivity contribution >= 4 is 47.6 Å². The number of fused-ring (bicyclic) bond motifs is 7. The molecular formula is C39H46N4O5. The first-order valence-corrected chi connectivity index (χ1v) is 16.9. The molecule has 9 nitrogen and oxygen atoms in total. The number of carbonyl (C=O) groups is 3. The molecule has 48 heavy (non-hydrogen) atoms. The zero-order valence-corrected chi connectivity index (χ0v) is 28.9. The molecule has 5 heterocycles. The quantitative estimate of drug-likeness (QED) is 0.181. The van der Waals surface area contributed by atoms with Crippen molar-refractivity contribution in [2.45, 2.75) is 66.8 Å². The lowest BCUT2D eigenvalue weighted by Gasteiger charge is -2.20. The number of Topliss-reactive ketones (excluding diaryl/α,β-unsaturated/α-hetero) is 1. The van der Waals surface area contributed by atoms with Crippen LogP contribution in [0.4, 0.5) is 0 Å². The lowest BCUT2D eigenvalue weighted by Crippen LogP contribution is -2.28. The van der Waals surface area contributed by atoms with Crippen LogP contribution in [0.2, 0.25) is 0 Å². The summed E-state index contributed by atoms with van der Waals surface area (Å²) in [5, 5.41) is 9.35. The Bertz CT molecular complexity index is 1970. The highest BCUT2D eigenvalue weighted by atomic mass is 16.5. The van der Waals surface area contributed by atoms with E-state index in [0.717, 1.165) is 56.6 Å². The van der Waals surface area contributed by atoms with Crippen LogP contribution in [0, 0.1) is 37.5 Å². The fourth-order valence-electron chi connectivity index (χ4n) is 7.96. The summed E-state index contributed by atoms with van der Waals surface area (Å²) in [6, 6.07) is -0.165. The summed E-state index contributed by atoms with van der Waals surface area (Å²) in [5.74, 6) is -2.27. The number of aromatic nitrogens is 2. The Morgan fingerprint density at radius 2 is 1.85 bits per heavy atom. The van der Waals surface area contributed by atoms with Crippen LogP contribution >= 0.6 is 0 Å². The minimum atomic E-state index is -1.11. The van der Waals surface area contributed by atoms with Gasteiger partial charge in [-0.25, -0.2) is 0 Å². The summed E-state index contributed by atoms with van der Waals surface area (Å²) < 4.78 is 10.7. The molecule has 3 aliphatic heterocycles. The summed E-state index contributed by atoms with van der Waals surface area (Å²) in [6.45, 7) is 16.7. The SMILES string of the molecule is C=Cc1c(C)/c2[nH]/c1=C\C1=C(C)C(CC)/C(=C/c3[nH]c4c(c3C)C(=O)[C@H](C(=O)OC)/C4=C3/NC(\C=2)[C@@H](C)[C@@H]3CCC(=O)OC/C=C/C)N1. The number of nitrogens with one attached hydrogen (secondary N) is 4. The minimum absolute atomic E-state index is 0.0110. The van der Waals surface area contributed by atoms with Gasteiger partial charge in [0.2, 0.25) is 0 Å². The number of H-pyrrole nitrogens is 2. The first-order valence-electron chi connectivity index (χ1n) is 16.9. The largest absolute Gasteiger partial charge is 0.468 e. The molecule has 4 aliphatic rings. The Kier molecular flexibility index (Phi) is 8.98. The molecular weight excluding hydrogens is 604 g/mol. The van der Waals surface area contributed by atoms with Gasteiger partial charge in [0.1, 0.15) is 12.5 Å².